The molecular formula is C28H26N2O3. The Kier molecular flexibility index (Phi) is 7.22. The molecule has 0 radical (unpaired) electrons. The van der Waals surface area contributed by atoms with Crippen LogP contribution in [0.2, 0.25) is 0 Å². The van der Waals surface area contributed by atoms with E-state index in [0.29, 0.717) is 18.7 Å². The molecule has 1 aromatic heterocycles. The van der Waals surface area contributed by atoms with E-state index >= 15 is 0 Å². The summed E-state index contributed by atoms with van der Waals surface area (Å²) < 4.78 is 0. The third-order valence-corrected chi connectivity index (χ3v) is 5.75. The molecule has 1 aliphatic rings. The van der Waals surface area contributed by atoms with Crippen molar-refractivity contribution >= 4 is 23.3 Å². The molecule has 0 aliphatic heterocycles. The minimum absolute atomic E-state index is 0.0486. The Morgan fingerprint density at radius 2 is 1.85 bits per heavy atom. The number of ketones is 1. The molecule has 2 aromatic carbocycles. The zero-order chi connectivity index (χ0) is 23.0. The summed E-state index contributed by atoms with van der Waals surface area (Å²) in [7, 11) is 0. The van der Waals surface area contributed by atoms with Gasteiger partial charge >= 0.3 is 0 Å². The molecule has 4 rings (SSSR count). The van der Waals surface area contributed by atoms with Crippen LogP contribution in [0.4, 0.5) is 0 Å². The molecule has 0 saturated carbocycles. The molecule has 5 nitrogen and oxygen atoms in total. The third-order valence-electron chi connectivity index (χ3n) is 5.75. The maximum absolute atomic E-state index is 13.3. The van der Waals surface area contributed by atoms with Crippen LogP contribution in [0.5, 0.6) is 0 Å². The average Bonchev–Trinajstić information content (AvgIpc) is 3.29. The summed E-state index contributed by atoms with van der Waals surface area (Å²) in [5.41, 5.74) is 6.32. The van der Waals surface area contributed by atoms with Gasteiger partial charge in [0.25, 0.3) is 5.91 Å². The van der Waals surface area contributed by atoms with E-state index in [4.69, 9.17) is 5.11 Å². The number of carbonyl (C=O) groups excluding carboxylic acids is 2. The van der Waals surface area contributed by atoms with Crippen molar-refractivity contribution in [2.75, 3.05) is 13.2 Å². The number of hydrogen-bond donors (Lipinski definition) is 1. The van der Waals surface area contributed by atoms with Gasteiger partial charge in [0.1, 0.15) is 6.61 Å². The topological polar surface area (TPSA) is 70.5 Å². The molecule has 5 heteroatoms. The summed E-state index contributed by atoms with van der Waals surface area (Å²) >= 11 is 0. The lowest BCUT2D eigenvalue weighted by Crippen LogP contribution is -2.31. The number of nitrogens with zero attached hydrogens (tertiary/aromatic N) is 2. The minimum Gasteiger partial charge on any atom is -0.388 e. The summed E-state index contributed by atoms with van der Waals surface area (Å²) in [6.07, 6.45) is 10.3. The maximum atomic E-state index is 13.3. The van der Waals surface area contributed by atoms with E-state index in [-0.39, 0.29) is 11.7 Å². The van der Waals surface area contributed by atoms with Gasteiger partial charge in [-0.05, 0) is 58.9 Å². The van der Waals surface area contributed by atoms with Crippen LogP contribution in [-0.2, 0) is 17.8 Å². The lowest BCUT2D eigenvalue weighted by Gasteiger charge is -2.23. The van der Waals surface area contributed by atoms with E-state index in [0.717, 1.165) is 24.0 Å². The van der Waals surface area contributed by atoms with Gasteiger partial charge in [0.2, 0.25) is 0 Å². The zero-order valence-electron chi connectivity index (χ0n) is 18.4. The predicted octanol–water partition coefficient (Wildman–Crippen LogP) is 4.33. The SMILES string of the molecule is O=C(/C=C/c1ccc(CN(CCC2=CCc3ccccc32)C(=O)c2cccnc2)cc1)CO. The quantitative estimate of drug-likeness (QED) is 0.505. The molecule has 0 bridgehead atoms. The summed E-state index contributed by atoms with van der Waals surface area (Å²) in [5.74, 6) is -0.386. The van der Waals surface area contributed by atoms with Gasteiger partial charge in [-0.15, -0.1) is 0 Å². The van der Waals surface area contributed by atoms with Crippen LogP contribution in [0.3, 0.4) is 0 Å². The molecule has 0 spiro atoms. The summed E-state index contributed by atoms with van der Waals surface area (Å²) in [4.78, 5) is 30.5. The van der Waals surface area contributed by atoms with Crippen LogP contribution >= 0.6 is 0 Å². The number of aliphatic hydroxyl groups excluding tert-OH is 1. The van der Waals surface area contributed by atoms with Crippen LogP contribution in [0.1, 0.15) is 39.0 Å². The van der Waals surface area contributed by atoms with Crippen molar-refractivity contribution < 1.29 is 14.7 Å². The number of allylic oxidation sites excluding steroid dienone is 1. The summed E-state index contributed by atoms with van der Waals surface area (Å²) in [6, 6.07) is 19.7. The highest BCUT2D eigenvalue weighted by molar-refractivity contribution is 5.94. The van der Waals surface area contributed by atoms with Gasteiger partial charge in [-0.3, -0.25) is 14.6 Å². The Balaban J connectivity index is 1.49. The Bertz CT molecular complexity index is 1180. The van der Waals surface area contributed by atoms with E-state index in [2.05, 4.69) is 35.3 Å². The number of rotatable bonds is 9. The smallest absolute Gasteiger partial charge is 0.255 e. The second-order valence-electron chi connectivity index (χ2n) is 8.01. The van der Waals surface area contributed by atoms with Crippen LogP contribution in [0, 0.1) is 0 Å². The first-order valence-corrected chi connectivity index (χ1v) is 11.0. The summed E-state index contributed by atoms with van der Waals surface area (Å²) in [6.45, 7) is 0.573. The Morgan fingerprint density at radius 3 is 2.61 bits per heavy atom. The first-order valence-electron chi connectivity index (χ1n) is 11.0. The fraction of sp³-hybridized carbons (Fsp3) is 0.179. The van der Waals surface area contributed by atoms with Crippen LogP contribution < -0.4 is 0 Å². The van der Waals surface area contributed by atoms with Gasteiger partial charge in [0.15, 0.2) is 5.78 Å². The molecule has 0 atom stereocenters. The third kappa shape index (κ3) is 5.70. The zero-order valence-corrected chi connectivity index (χ0v) is 18.4. The Hall–Kier alpha value is -3.83. The van der Waals surface area contributed by atoms with Gasteiger partial charge < -0.3 is 10.0 Å². The van der Waals surface area contributed by atoms with Crippen molar-refractivity contribution in [2.24, 2.45) is 0 Å². The predicted molar refractivity (Wildman–Crippen MR) is 129 cm³/mol. The number of carbonyl (C=O) groups is 2. The highest BCUT2D eigenvalue weighted by atomic mass is 16.3. The van der Waals surface area contributed by atoms with Crippen molar-refractivity contribution in [1.82, 2.24) is 9.88 Å². The van der Waals surface area contributed by atoms with Crippen LogP contribution in [0.15, 0.2) is 85.2 Å². The Labute approximate surface area is 193 Å². The second-order valence-corrected chi connectivity index (χ2v) is 8.01. The second kappa shape index (κ2) is 10.7. The van der Waals surface area contributed by atoms with Gasteiger partial charge in [-0.1, -0.05) is 60.7 Å². The monoisotopic (exact) mass is 438 g/mol. The Morgan fingerprint density at radius 1 is 1.03 bits per heavy atom. The first-order chi connectivity index (χ1) is 16.1. The van der Waals surface area contributed by atoms with Crippen molar-refractivity contribution in [1.29, 1.82) is 0 Å². The lowest BCUT2D eigenvalue weighted by molar-refractivity contribution is -0.117. The van der Waals surface area contributed by atoms with E-state index in [1.54, 1.807) is 30.6 Å². The molecule has 1 aliphatic carbocycles. The molecule has 1 heterocycles. The minimum atomic E-state index is -0.499. The standard InChI is InChI=1S/C28H26N2O3/c31-20-26(32)14-11-21-7-9-22(10-8-21)19-30(28(33)25-5-3-16-29-18-25)17-15-24-13-12-23-4-1-2-6-27(23)24/h1-11,13-14,16,18,31H,12,15,17,19-20H2/b14-11+. The highest BCUT2D eigenvalue weighted by Crippen LogP contribution is 2.30. The van der Waals surface area contributed by atoms with Crippen molar-refractivity contribution in [3.8, 4) is 0 Å². The van der Waals surface area contributed by atoms with Gasteiger partial charge in [-0.25, -0.2) is 0 Å². The largest absolute Gasteiger partial charge is 0.388 e. The molecule has 1 amide bonds. The molecule has 0 fully saturated rings. The summed E-state index contributed by atoms with van der Waals surface area (Å²) in [5, 5.41) is 8.84. The number of amides is 1. The van der Waals surface area contributed by atoms with E-state index < -0.39 is 6.61 Å². The van der Waals surface area contributed by atoms with E-state index in [1.165, 1.54) is 22.8 Å². The fourth-order valence-corrected chi connectivity index (χ4v) is 3.97. The number of benzene rings is 2. The maximum Gasteiger partial charge on any atom is 0.255 e. The molecule has 166 valence electrons. The van der Waals surface area contributed by atoms with Gasteiger partial charge in [-0.2, -0.15) is 0 Å². The average molecular weight is 439 g/mol. The molecule has 0 unspecified atom stereocenters. The van der Waals surface area contributed by atoms with E-state index in [1.807, 2.05) is 29.2 Å². The normalized spacial score (nSPS) is 12.5. The van der Waals surface area contributed by atoms with Crippen molar-refractivity contribution in [3.05, 3.63) is 113 Å². The molecule has 33 heavy (non-hydrogen) atoms. The van der Waals surface area contributed by atoms with Crippen LogP contribution in [0.25, 0.3) is 11.6 Å². The van der Waals surface area contributed by atoms with Gasteiger partial charge in [0, 0.05) is 25.5 Å². The van der Waals surface area contributed by atoms with Crippen molar-refractivity contribution in [2.45, 2.75) is 19.4 Å². The van der Waals surface area contributed by atoms with E-state index in [9.17, 15) is 9.59 Å². The molecule has 0 saturated heterocycles. The molecule has 1 N–H and O–H groups in total. The number of aliphatic hydroxyl groups is 1. The fourth-order valence-electron chi connectivity index (χ4n) is 3.97. The van der Waals surface area contributed by atoms with Crippen molar-refractivity contribution in [3.63, 3.8) is 0 Å². The number of fused-ring (bicyclic) bond motifs is 1. The number of aromatic nitrogens is 1. The highest BCUT2D eigenvalue weighted by Gasteiger charge is 2.19. The number of pyridine rings is 1. The number of hydrogen-bond acceptors (Lipinski definition) is 4. The lowest BCUT2D eigenvalue weighted by atomic mass is 10.0. The van der Waals surface area contributed by atoms with Crippen LogP contribution in [-0.4, -0.2) is 39.8 Å². The van der Waals surface area contributed by atoms with Gasteiger partial charge in [0.05, 0.1) is 5.56 Å². The molecule has 3 aromatic rings. The molecular weight excluding hydrogens is 412 g/mol. The first kappa shape index (κ1) is 22.4.